The van der Waals surface area contributed by atoms with E-state index in [2.05, 4.69) is 43.6 Å². The third-order valence-electron chi connectivity index (χ3n) is 5.54. The molecule has 4 rings (SSSR count). The van der Waals surface area contributed by atoms with Crippen LogP contribution in [-0.4, -0.2) is 55.4 Å². The summed E-state index contributed by atoms with van der Waals surface area (Å²) in [7, 11) is 0. The molecule has 0 radical (unpaired) electrons. The number of carbonyl (C=O) groups excluding carboxylic acids is 1. The second-order valence-electron chi connectivity index (χ2n) is 7.58. The highest BCUT2D eigenvalue weighted by Gasteiger charge is 2.20. The van der Waals surface area contributed by atoms with Gasteiger partial charge >= 0.3 is 0 Å². The van der Waals surface area contributed by atoms with Gasteiger partial charge in [0.15, 0.2) is 0 Å². The zero-order valence-electron chi connectivity index (χ0n) is 16.7. The molecule has 1 aliphatic heterocycles. The molecule has 0 atom stereocenters. The highest BCUT2D eigenvalue weighted by molar-refractivity contribution is 5.94. The molecule has 8 nitrogen and oxygen atoms in total. The fourth-order valence-corrected chi connectivity index (χ4v) is 3.72. The molecule has 3 aromatic rings. The van der Waals surface area contributed by atoms with Crippen molar-refractivity contribution in [3.05, 3.63) is 59.9 Å². The van der Waals surface area contributed by atoms with Gasteiger partial charge in [-0.2, -0.15) is 5.10 Å². The van der Waals surface area contributed by atoms with Gasteiger partial charge in [-0.3, -0.25) is 19.4 Å². The number of nitrogens with zero attached hydrogens (tertiary/aromatic N) is 5. The van der Waals surface area contributed by atoms with Crippen LogP contribution in [0.25, 0.3) is 5.69 Å². The molecule has 2 N–H and O–H groups in total. The number of amides is 1. The first-order valence-electron chi connectivity index (χ1n) is 10.2. The van der Waals surface area contributed by atoms with Gasteiger partial charge in [-0.1, -0.05) is 6.92 Å². The monoisotopic (exact) mass is 393 g/mol. The number of aromatic nitrogens is 5. The van der Waals surface area contributed by atoms with E-state index in [-0.39, 0.29) is 5.91 Å². The molecule has 0 unspecified atom stereocenters. The Hall–Kier alpha value is -3.00. The first-order valence-corrected chi connectivity index (χ1v) is 10.2. The smallest absolute Gasteiger partial charge is 0.251 e. The summed E-state index contributed by atoms with van der Waals surface area (Å²) in [5.74, 6) is 0.506. The minimum absolute atomic E-state index is 0.0210. The van der Waals surface area contributed by atoms with E-state index in [1.54, 1.807) is 12.7 Å². The predicted octanol–water partition coefficient (Wildman–Crippen LogP) is 2.19. The maximum absolute atomic E-state index is 12.5. The number of piperidine rings is 1. The Bertz CT molecular complexity index is 909. The molecule has 0 saturated carbocycles. The van der Waals surface area contributed by atoms with Crippen molar-refractivity contribution in [1.82, 2.24) is 35.2 Å². The summed E-state index contributed by atoms with van der Waals surface area (Å²) in [6, 6.07) is 9.62. The van der Waals surface area contributed by atoms with Gasteiger partial charge in [-0.25, -0.2) is 0 Å². The number of aromatic amines is 1. The van der Waals surface area contributed by atoms with Crippen LogP contribution < -0.4 is 5.32 Å². The Morgan fingerprint density at radius 3 is 2.55 bits per heavy atom. The number of benzene rings is 1. The zero-order chi connectivity index (χ0) is 20.1. The van der Waals surface area contributed by atoms with Crippen LogP contribution >= 0.6 is 0 Å². The zero-order valence-corrected chi connectivity index (χ0v) is 16.7. The van der Waals surface area contributed by atoms with Gasteiger partial charge < -0.3 is 5.32 Å². The van der Waals surface area contributed by atoms with Crippen LogP contribution in [0.3, 0.4) is 0 Å². The lowest BCUT2D eigenvalue weighted by molar-refractivity contribution is 0.0935. The summed E-state index contributed by atoms with van der Waals surface area (Å²) >= 11 is 0. The number of hydrogen-bond acceptors (Lipinski definition) is 5. The molecule has 8 heteroatoms. The van der Waals surface area contributed by atoms with Crippen molar-refractivity contribution in [2.75, 3.05) is 19.6 Å². The number of rotatable bonds is 7. The molecule has 1 saturated heterocycles. The van der Waals surface area contributed by atoms with Crippen LogP contribution in [0.5, 0.6) is 0 Å². The summed E-state index contributed by atoms with van der Waals surface area (Å²) in [5, 5.41) is 18.1. The largest absolute Gasteiger partial charge is 0.352 e. The molecule has 3 heterocycles. The van der Waals surface area contributed by atoms with E-state index in [1.807, 2.05) is 28.8 Å². The fourth-order valence-electron chi connectivity index (χ4n) is 3.72. The lowest BCUT2D eigenvalue weighted by Gasteiger charge is -2.31. The summed E-state index contributed by atoms with van der Waals surface area (Å²) in [6.07, 6.45) is 6.43. The number of hydrogen-bond donors (Lipinski definition) is 2. The molecule has 0 bridgehead atoms. The molecular formula is C21H27N7O. The van der Waals surface area contributed by atoms with Crippen LogP contribution in [0, 0.1) is 5.92 Å². The SMILES string of the molecule is CCc1cc(CN2CCC(CNC(=O)c3ccc(-n4cnnc4)cc3)CC2)[nH]n1. The second-order valence-corrected chi connectivity index (χ2v) is 7.58. The van der Waals surface area contributed by atoms with Gasteiger partial charge in [0, 0.05) is 30.0 Å². The highest BCUT2D eigenvalue weighted by Crippen LogP contribution is 2.18. The minimum atomic E-state index is -0.0210. The third-order valence-corrected chi connectivity index (χ3v) is 5.54. The van der Waals surface area contributed by atoms with Gasteiger partial charge in [-0.15, -0.1) is 10.2 Å². The topological polar surface area (TPSA) is 91.7 Å². The molecule has 29 heavy (non-hydrogen) atoms. The summed E-state index contributed by atoms with van der Waals surface area (Å²) in [4.78, 5) is 14.9. The van der Waals surface area contributed by atoms with Gasteiger partial charge in [0.1, 0.15) is 12.7 Å². The average molecular weight is 393 g/mol. The van der Waals surface area contributed by atoms with E-state index in [0.29, 0.717) is 11.5 Å². The first kappa shape index (κ1) is 19.3. The fraction of sp³-hybridized carbons (Fsp3) is 0.429. The van der Waals surface area contributed by atoms with Crippen LogP contribution in [0.2, 0.25) is 0 Å². The van der Waals surface area contributed by atoms with Crippen molar-refractivity contribution in [1.29, 1.82) is 0 Å². The second kappa shape index (κ2) is 9.00. The van der Waals surface area contributed by atoms with E-state index < -0.39 is 0 Å². The quantitative estimate of drug-likeness (QED) is 0.642. The lowest BCUT2D eigenvalue weighted by atomic mass is 9.96. The van der Waals surface area contributed by atoms with E-state index in [9.17, 15) is 4.79 Å². The minimum Gasteiger partial charge on any atom is -0.352 e. The van der Waals surface area contributed by atoms with Crippen LogP contribution in [0.1, 0.15) is 41.5 Å². The maximum Gasteiger partial charge on any atom is 0.251 e. The number of H-pyrrole nitrogens is 1. The third kappa shape index (κ3) is 4.89. The summed E-state index contributed by atoms with van der Waals surface area (Å²) in [5.41, 5.74) is 3.91. The Balaban J connectivity index is 1.21. The van der Waals surface area contributed by atoms with Gasteiger partial charge in [0.05, 0.1) is 5.69 Å². The van der Waals surface area contributed by atoms with Crippen molar-refractivity contribution in [3.63, 3.8) is 0 Å². The van der Waals surface area contributed by atoms with Crippen LogP contribution in [0.15, 0.2) is 43.0 Å². The van der Waals surface area contributed by atoms with Gasteiger partial charge in [0.25, 0.3) is 5.91 Å². The molecule has 1 amide bonds. The predicted molar refractivity (Wildman–Crippen MR) is 110 cm³/mol. The summed E-state index contributed by atoms with van der Waals surface area (Å²) < 4.78 is 1.81. The normalized spacial score (nSPS) is 15.5. The van der Waals surface area contributed by atoms with E-state index in [4.69, 9.17) is 0 Å². The van der Waals surface area contributed by atoms with Crippen molar-refractivity contribution < 1.29 is 4.79 Å². The number of nitrogens with one attached hydrogen (secondary N) is 2. The Labute approximate surface area is 170 Å². The number of likely N-dealkylation sites (tertiary alicyclic amines) is 1. The van der Waals surface area contributed by atoms with Gasteiger partial charge in [-0.05, 0) is 68.6 Å². The van der Waals surface area contributed by atoms with E-state index in [1.165, 1.54) is 5.69 Å². The average Bonchev–Trinajstić information content (AvgIpc) is 3.45. The Morgan fingerprint density at radius 2 is 1.90 bits per heavy atom. The van der Waals surface area contributed by atoms with E-state index in [0.717, 1.165) is 56.8 Å². The standard InChI is InChI=1S/C21H27N7O/c1-2-18-11-19(26-25-18)13-27-9-7-16(8-10-27)12-22-21(29)17-3-5-20(6-4-17)28-14-23-24-15-28/h3-6,11,14-16H,2,7-10,12-13H2,1H3,(H,22,29)(H,25,26). The molecule has 1 fully saturated rings. The molecule has 152 valence electrons. The molecule has 1 aromatic carbocycles. The van der Waals surface area contributed by atoms with Gasteiger partial charge in [0.2, 0.25) is 0 Å². The van der Waals surface area contributed by atoms with Crippen molar-refractivity contribution in [2.45, 2.75) is 32.7 Å². The number of carbonyl (C=O) groups is 1. The van der Waals surface area contributed by atoms with Crippen LogP contribution in [-0.2, 0) is 13.0 Å². The maximum atomic E-state index is 12.5. The Morgan fingerprint density at radius 1 is 1.17 bits per heavy atom. The van der Waals surface area contributed by atoms with Crippen LogP contribution in [0.4, 0.5) is 0 Å². The summed E-state index contributed by atoms with van der Waals surface area (Å²) in [6.45, 7) is 5.86. The molecule has 1 aliphatic rings. The molecule has 0 aliphatic carbocycles. The van der Waals surface area contributed by atoms with Crippen molar-refractivity contribution in [3.8, 4) is 5.69 Å². The first-order chi connectivity index (χ1) is 14.2. The number of aryl methyl sites for hydroxylation is 1. The molecule has 0 spiro atoms. The molecule has 2 aromatic heterocycles. The highest BCUT2D eigenvalue weighted by atomic mass is 16.1. The Kier molecular flexibility index (Phi) is 6.00. The van der Waals surface area contributed by atoms with Crippen molar-refractivity contribution >= 4 is 5.91 Å². The van der Waals surface area contributed by atoms with E-state index >= 15 is 0 Å². The van der Waals surface area contributed by atoms with Crippen molar-refractivity contribution in [2.24, 2.45) is 5.92 Å². The molecular weight excluding hydrogens is 366 g/mol. The lowest BCUT2D eigenvalue weighted by Crippen LogP contribution is -2.38.